The van der Waals surface area contributed by atoms with Gasteiger partial charge in [0.15, 0.2) is 5.69 Å². The third kappa shape index (κ3) is 5.34. The summed E-state index contributed by atoms with van der Waals surface area (Å²) in [5, 5.41) is 8.88. The molecule has 6 nitrogen and oxygen atoms in total. The molecule has 0 spiro atoms. The SMILES string of the molecule is O=C(Cn1ccc(C(F)(F)F)n1)NCc1cccc(NC(=O)C2CCCC2)c1. The van der Waals surface area contributed by atoms with Crippen LogP contribution in [0, 0.1) is 5.92 Å². The van der Waals surface area contributed by atoms with Crippen molar-refractivity contribution in [2.75, 3.05) is 5.32 Å². The van der Waals surface area contributed by atoms with E-state index in [1.165, 1.54) is 0 Å². The van der Waals surface area contributed by atoms with Gasteiger partial charge in [0.05, 0.1) is 0 Å². The van der Waals surface area contributed by atoms with E-state index in [1.807, 2.05) is 0 Å². The number of aromatic nitrogens is 2. The first-order valence-corrected chi connectivity index (χ1v) is 9.08. The summed E-state index contributed by atoms with van der Waals surface area (Å²) in [5.74, 6) is -0.394. The summed E-state index contributed by atoms with van der Waals surface area (Å²) in [6.07, 6.45) is 0.540. The van der Waals surface area contributed by atoms with Crippen LogP contribution in [-0.2, 0) is 28.9 Å². The highest BCUT2D eigenvalue weighted by Crippen LogP contribution is 2.27. The van der Waals surface area contributed by atoms with Gasteiger partial charge in [-0.25, -0.2) is 0 Å². The number of anilines is 1. The van der Waals surface area contributed by atoms with Crippen molar-refractivity contribution in [3.63, 3.8) is 0 Å². The molecule has 28 heavy (non-hydrogen) atoms. The van der Waals surface area contributed by atoms with Gasteiger partial charge in [-0.05, 0) is 36.6 Å². The van der Waals surface area contributed by atoms with Crippen LogP contribution in [0.2, 0.25) is 0 Å². The van der Waals surface area contributed by atoms with Gasteiger partial charge in [-0.3, -0.25) is 14.3 Å². The lowest BCUT2D eigenvalue weighted by molar-refractivity contribution is -0.141. The Morgan fingerprint density at radius 2 is 1.93 bits per heavy atom. The Labute approximate surface area is 160 Å². The normalized spacial score (nSPS) is 14.8. The highest BCUT2D eigenvalue weighted by atomic mass is 19.4. The van der Waals surface area contributed by atoms with E-state index in [4.69, 9.17) is 0 Å². The van der Waals surface area contributed by atoms with Crippen LogP contribution in [0.5, 0.6) is 0 Å². The van der Waals surface area contributed by atoms with Gasteiger partial charge in [0.2, 0.25) is 11.8 Å². The van der Waals surface area contributed by atoms with E-state index in [9.17, 15) is 22.8 Å². The number of halogens is 3. The van der Waals surface area contributed by atoms with E-state index >= 15 is 0 Å². The molecule has 1 aliphatic carbocycles. The fraction of sp³-hybridized carbons (Fsp3) is 0.421. The van der Waals surface area contributed by atoms with Gasteiger partial charge in [-0.1, -0.05) is 25.0 Å². The maximum atomic E-state index is 12.5. The molecule has 1 aliphatic rings. The number of alkyl halides is 3. The maximum absolute atomic E-state index is 12.5. The molecule has 0 radical (unpaired) electrons. The van der Waals surface area contributed by atoms with Crippen LogP contribution >= 0.6 is 0 Å². The van der Waals surface area contributed by atoms with Crippen LogP contribution in [0.25, 0.3) is 0 Å². The molecule has 3 rings (SSSR count). The number of benzene rings is 1. The molecule has 150 valence electrons. The summed E-state index contributed by atoms with van der Waals surface area (Å²) in [6, 6.07) is 7.93. The predicted molar refractivity (Wildman–Crippen MR) is 96.1 cm³/mol. The van der Waals surface area contributed by atoms with Gasteiger partial charge >= 0.3 is 6.18 Å². The average molecular weight is 394 g/mol. The van der Waals surface area contributed by atoms with E-state index in [1.54, 1.807) is 24.3 Å². The molecular formula is C19H21F3N4O2. The smallest absolute Gasteiger partial charge is 0.350 e. The average Bonchev–Trinajstić information content (AvgIpc) is 3.32. The zero-order valence-corrected chi connectivity index (χ0v) is 15.1. The van der Waals surface area contributed by atoms with Gasteiger partial charge in [0.1, 0.15) is 6.54 Å². The Morgan fingerprint density at radius 3 is 2.61 bits per heavy atom. The Hall–Kier alpha value is -2.84. The molecule has 0 atom stereocenters. The van der Waals surface area contributed by atoms with Crippen LogP contribution < -0.4 is 10.6 Å². The highest BCUT2D eigenvalue weighted by molar-refractivity contribution is 5.92. The van der Waals surface area contributed by atoms with Crippen LogP contribution in [0.3, 0.4) is 0 Å². The lowest BCUT2D eigenvalue weighted by Gasteiger charge is -2.12. The van der Waals surface area contributed by atoms with Crippen molar-refractivity contribution < 1.29 is 22.8 Å². The lowest BCUT2D eigenvalue weighted by Crippen LogP contribution is -2.27. The fourth-order valence-corrected chi connectivity index (χ4v) is 3.20. The van der Waals surface area contributed by atoms with Crippen LogP contribution in [0.15, 0.2) is 36.5 Å². The van der Waals surface area contributed by atoms with Crippen molar-refractivity contribution in [2.24, 2.45) is 5.92 Å². The molecule has 1 aromatic carbocycles. The van der Waals surface area contributed by atoms with Crippen molar-refractivity contribution in [3.8, 4) is 0 Å². The van der Waals surface area contributed by atoms with E-state index < -0.39 is 17.8 Å². The van der Waals surface area contributed by atoms with Gasteiger partial charge in [0, 0.05) is 24.3 Å². The molecule has 0 aliphatic heterocycles. The summed E-state index contributed by atoms with van der Waals surface area (Å²) in [6.45, 7) is -0.118. The molecular weight excluding hydrogens is 373 g/mol. The predicted octanol–water partition coefficient (Wildman–Crippen LogP) is 3.35. The van der Waals surface area contributed by atoms with Crippen molar-refractivity contribution in [1.29, 1.82) is 0 Å². The quantitative estimate of drug-likeness (QED) is 0.789. The van der Waals surface area contributed by atoms with Crippen molar-refractivity contribution >= 4 is 17.5 Å². The first kappa shape index (κ1) is 19.9. The van der Waals surface area contributed by atoms with Crippen molar-refractivity contribution in [3.05, 3.63) is 47.8 Å². The summed E-state index contributed by atoms with van der Waals surface area (Å²) in [5.41, 5.74) is 0.394. The topological polar surface area (TPSA) is 76.0 Å². The van der Waals surface area contributed by atoms with Crippen LogP contribution in [-0.4, -0.2) is 21.6 Å². The molecule has 2 aromatic rings. The monoisotopic (exact) mass is 394 g/mol. The third-order valence-corrected chi connectivity index (χ3v) is 4.65. The zero-order chi connectivity index (χ0) is 20.1. The van der Waals surface area contributed by atoms with E-state index in [-0.39, 0.29) is 24.9 Å². The third-order valence-electron chi connectivity index (χ3n) is 4.65. The van der Waals surface area contributed by atoms with E-state index in [0.717, 1.165) is 48.2 Å². The molecule has 1 heterocycles. The number of carbonyl (C=O) groups is 2. The van der Waals surface area contributed by atoms with Crippen LogP contribution in [0.1, 0.15) is 36.9 Å². The molecule has 1 fully saturated rings. The maximum Gasteiger partial charge on any atom is 0.435 e. The first-order valence-electron chi connectivity index (χ1n) is 9.08. The van der Waals surface area contributed by atoms with Gasteiger partial charge < -0.3 is 10.6 Å². The second-order valence-electron chi connectivity index (χ2n) is 6.84. The van der Waals surface area contributed by atoms with Gasteiger partial charge in [0.25, 0.3) is 0 Å². The second kappa shape index (κ2) is 8.45. The summed E-state index contributed by atoms with van der Waals surface area (Å²) >= 11 is 0. The minimum absolute atomic E-state index is 0.0119. The molecule has 2 N–H and O–H groups in total. The van der Waals surface area contributed by atoms with Crippen LogP contribution in [0.4, 0.5) is 18.9 Å². The second-order valence-corrected chi connectivity index (χ2v) is 6.84. The largest absolute Gasteiger partial charge is 0.435 e. The van der Waals surface area contributed by atoms with Crippen molar-refractivity contribution in [1.82, 2.24) is 15.1 Å². The fourth-order valence-electron chi connectivity index (χ4n) is 3.20. The number of amides is 2. The number of hydrogen-bond donors (Lipinski definition) is 2. The number of nitrogens with one attached hydrogen (secondary N) is 2. The Balaban J connectivity index is 1.50. The van der Waals surface area contributed by atoms with Gasteiger partial charge in [-0.15, -0.1) is 0 Å². The lowest BCUT2D eigenvalue weighted by atomic mass is 10.1. The zero-order valence-electron chi connectivity index (χ0n) is 15.1. The first-order chi connectivity index (χ1) is 13.3. The molecule has 0 unspecified atom stereocenters. The molecule has 1 aromatic heterocycles. The summed E-state index contributed by atoms with van der Waals surface area (Å²) in [7, 11) is 0. The highest BCUT2D eigenvalue weighted by Gasteiger charge is 2.33. The minimum Gasteiger partial charge on any atom is -0.350 e. The molecule has 9 heteroatoms. The number of hydrogen-bond acceptors (Lipinski definition) is 3. The molecule has 2 amide bonds. The minimum atomic E-state index is -4.54. The van der Waals surface area contributed by atoms with Crippen molar-refractivity contribution in [2.45, 2.75) is 44.9 Å². The molecule has 1 saturated carbocycles. The van der Waals surface area contributed by atoms with E-state index in [2.05, 4.69) is 15.7 Å². The Bertz CT molecular complexity index is 842. The summed E-state index contributed by atoms with van der Waals surface area (Å²) < 4.78 is 38.5. The summed E-state index contributed by atoms with van der Waals surface area (Å²) in [4.78, 5) is 24.2. The molecule has 0 bridgehead atoms. The number of carbonyl (C=O) groups excluding carboxylic acids is 2. The van der Waals surface area contributed by atoms with Gasteiger partial charge in [-0.2, -0.15) is 18.3 Å². The molecule has 0 saturated heterocycles. The standard InChI is InChI=1S/C19H21F3N4O2/c20-19(21,22)16-8-9-26(25-16)12-17(27)23-11-13-4-3-7-15(10-13)24-18(28)14-5-1-2-6-14/h3-4,7-10,14H,1-2,5-6,11-12H2,(H,23,27)(H,24,28). The number of nitrogens with zero attached hydrogens (tertiary/aromatic N) is 2. The Kier molecular flexibility index (Phi) is 6.01. The number of rotatable bonds is 6. The van der Waals surface area contributed by atoms with E-state index in [0.29, 0.717) is 5.69 Å². The Morgan fingerprint density at radius 1 is 1.18 bits per heavy atom.